The van der Waals surface area contributed by atoms with E-state index in [2.05, 4.69) is 20.7 Å². The summed E-state index contributed by atoms with van der Waals surface area (Å²) in [6.45, 7) is 2.25. The fraction of sp³-hybridized carbons (Fsp3) is 0.185. The molecule has 0 spiro atoms. The van der Waals surface area contributed by atoms with E-state index in [1.807, 2.05) is 60.0 Å². The summed E-state index contributed by atoms with van der Waals surface area (Å²) in [5.74, 6) is 2.07. The quantitative estimate of drug-likeness (QED) is 0.166. The number of ether oxygens (including phenoxy) is 3. The minimum absolute atomic E-state index is 0.0409. The third kappa shape index (κ3) is 6.24. The second-order valence-corrected chi connectivity index (χ2v) is 8.72. The monoisotopic (exact) mass is 533 g/mol. The number of nitrogens with one attached hydrogen (secondary N) is 1. The van der Waals surface area contributed by atoms with Crippen LogP contribution in [0.5, 0.6) is 23.0 Å². The Balaban J connectivity index is 1.50. The number of para-hydroxylation sites is 1. The van der Waals surface area contributed by atoms with Crippen LogP contribution >= 0.6 is 11.8 Å². The van der Waals surface area contributed by atoms with Crippen LogP contribution in [-0.2, 0) is 4.79 Å². The number of thioether (sulfide) groups is 1. The highest BCUT2D eigenvalue weighted by atomic mass is 32.2. The number of benzene rings is 3. The van der Waals surface area contributed by atoms with E-state index in [4.69, 9.17) is 14.2 Å². The first-order valence-electron chi connectivity index (χ1n) is 11.7. The largest absolute Gasteiger partial charge is 0.504 e. The predicted molar refractivity (Wildman–Crippen MR) is 146 cm³/mol. The van der Waals surface area contributed by atoms with Gasteiger partial charge in [0.05, 0.1) is 32.8 Å². The molecule has 0 unspecified atom stereocenters. The molecule has 1 aromatic heterocycles. The van der Waals surface area contributed by atoms with Gasteiger partial charge in [-0.05, 0) is 67.6 Å². The predicted octanol–water partition coefficient (Wildman–Crippen LogP) is 4.30. The van der Waals surface area contributed by atoms with Crippen LogP contribution in [0.25, 0.3) is 17.1 Å². The molecule has 11 heteroatoms. The van der Waals surface area contributed by atoms with E-state index in [0.29, 0.717) is 28.9 Å². The average Bonchev–Trinajstić information content (AvgIpc) is 3.38. The Labute approximate surface area is 224 Å². The maximum atomic E-state index is 12.5. The van der Waals surface area contributed by atoms with Crippen LogP contribution in [0.4, 0.5) is 0 Å². The molecule has 38 heavy (non-hydrogen) atoms. The number of carbonyl (C=O) groups excluding carboxylic acids is 1. The molecule has 196 valence electrons. The van der Waals surface area contributed by atoms with Crippen LogP contribution in [-0.4, -0.2) is 58.6 Å². The lowest BCUT2D eigenvalue weighted by Gasteiger charge is -2.11. The van der Waals surface area contributed by atoms with Gasteiger partial charge in [0.2, 0.25) is 0 Å². The fourth-order valence-electron chi connectivity index (χ4n) is 3.51. The average molecular weight is 534 g/mol. The Morgan fingerprint density at radius 2 is 1.71 bits per heavy atom. The SMILES string of the molecule is CCOc1cccc(/C=N/NC(=O)CSc2nnc(-c3ccc(OC)cc3)n2-c2ccc(OC)cc2)c1O. The van der Waals surface area contributed by atoms with Crippen LogP contribution in [0.15, 0.2) is 77.0 Å². The number of hydrazone groups is 1. The summed E-state index contributed by atoms with van der Waals surface area (Å²) in [5.41, 5.74) is 4.55. The summed E-state index contributed by atoms with van der Waals surface area (Å²) in [6.07, 6.45) is 1.36. The number of phenols is 1. The van der Waals surface area contributed by atoms with Gasteiger partial charge in [0.1, 0.15) is 11.5 Å². The van der Waals surface area contributed by atoms with E-state index in [-0.39, 0.29) is 17.4 Å². The minimum atomic E-state index is -0.345. The van der Waals surface area contributed by atoms with Crippen molar-refractivity contribution in [1.29, 1.82) is 0 Å². The lowest BCUT2D eigenvalue weighted by atomic mass is 10.2. The second-order valence-electron chi connectivity index (χ2n) is 7.78. The number of nitrogens with zero attached hydrogens (tertiary/aromatic N) is 4. The van der Waals surface area contributed by atoms with Gasteiger partial charge < -0.3 is 19.3 Å². The number of phenolic OH excluding ortho intramolecular Hbond substituents is 1. The number of carbonyl (C=O) groups is 1. The lowest BCUT2D eigenvalue weighted by Crippen LogP contribution is -2.20. The molecule has 0 aliphatic carbocycles. The van der Waals surface area contributed by atoms with Gasteiger partial charge in [0, 0.05) is 16.8 Å². The van der Waals surface area contributed by atoms with Gasteiger partial charge in [-0.3, -0.25) is 9.36 Å². The van der Waals surface area contributed by atoms with E-state index in [0.717, 1.165) is 22.7 Å². The highest BCUT2D eigenvalue weighted by molar-refractivity contribution is 7.99. The van der Waals surface area contributed by atoms with Gasteiger partial charge in [-0.2, -0.15) is 5.10 Å². The molecule has 0 saturated carbocycles. The maximum Gasteiger partial charge on any atom is 0.250 e. The molecule has 4 aromatic rings. The zero-order valence-corrected chi connectivity index (χ0v) is 21.9. The normalized spacial score (nSPS) is 10.9. The molecule has 0 fully saturated rings. The zero-order chi connectivity index (χ0) is 26.9. The molecule has 4 rings (SSSR count). The molecule has 3 aromatic carbocycles. The van der Waals surface area contributed by atoms with E-state index < -0.39 is 0 Å². The third-order valence-electron chi connectivity index (χ3n) is 5.37. The molecule has 2 N–H and O–H groups in total. The maximum absolute atomic E-state index is 12.5. The van der Waals surface area contributed by atoms with Crippen molar-refractivity contribution < 1.29 is 24.1 Å². The summed E-state index contributed by atoms with van der Waals surface area (Å²) >= 11 is 1.22. The van der Waals surface area contributed by atoms with Crippen molar-refractivity contribution in [2.45, 2.75) is 12.1 Å². The zero-order valence-electron chi connectivity index (χ0n) is 21.1. The fourth-order valence-corrected chi connectivity index (χ4v) is 4.25. The Hall–Kier alpha value is -4.51. The van der Waals surface area contributed by atoms with Gasteiger partial charge >= 0.3 is 0 Å². The molecular formula is C27H27N5O5S. The van der Waals surface area contributed by atoms with Crippen molar-refractivity contribution >= 4 is 23.9 Å². The van der Waals surface area contributed by atoms with Crippen molar-refractivity contribution in [1.82, 2.24) is 20.2 Å². The van der Waals surface area contributed by atoms with Gasteiger partial charge in [0.25, 0.3) is 5.91 Å². The van der Waals surface area contributed by atoms with Gasteiger partial charge in [-0.1, -0.05) is 17.8 Å². The number of hydrogen-bond donors (Lipinski definition) is 2. The minimum Gasteiger partial charge on any atom is -0.504 e. The molecule has 1 amide bonds. The summed E-state index contributed by atoms with van der Waals surface area (Å²) in [4.78, 5) is 12.5. The van der Waals surface area contributed by atoms with Gasteiger partial charge in [-0.25, -0.2) is 5.43 Å². The van der Waals surface area contributed by atoms with Crippen molar-refractivity contribution in [3.8, 4) is 40.1 Å². The summed E-state index contributed by atoms with van der Waals surface area (Å²) < 4.78 is 17.8. The molecule has 10 nitrogen and oxygen atoms in total. The van der Waals surface area contributed by atoms with Crippen molar-refractivity contribution in [3.63, 3.8) is 0 Å². The van der Waals surface area contributed by atoms with Crippen molar-refractivity contribution in [3.05, 3.63) is 72.3 Å². The molecule has 0 bridgehead atoms. The molecule has 1 heterocycles. The Kier molecular flexibility index (Phi) is 8.83. The first kappa shape index (κ1) is 26.6. The second kappa shape index (κ2) is 12.6. The Morgan fingerprint density at radius 1 is 1.03 bits per heavy atom. The molecule has 0 saturated heterocycles. The first-order valence-corrected chi connectivity index (χ1v) is 12.7. The standard InChI is InChI=1S/C27H27N5O5S/c1-4-37-23-7-5-6-19(25(23)34)16-28-29-24(33)17-38-27-31-30-26(18-8-12-21(35-2)13-9-18)32(27)20-10-14-22(36-3)15-11-20/h5-16,34H,4,17H2,1-3H3,(H,29,33)/b28-16+. The first-order chi connectivity index (χ1) is 18.5. The van der Waals surface area contributed by atoms with Gasteiger partial charge in [0.15, 0.2) is 22.5 Å². The number of rotatable bonds is 11. The van der Waals surface area contributed by atoms with Crippen LogP contribution in [0.3, 0.4) is 0 Å². The van der Waals surface area contributed by atoms with Crippen LogP contribution in [0, 0.1) is 0 Å². The number of methoxy groups -OCH3 is 2. The number of hydrogen-bond acceptors (Lipinski definition) is 9. The van der Waals surface area contributed by atoms with Crippen LogP contribution < -0.4 is 19.6 Å². The van der Waals surface area contributed by atoms with E-state index in [9.17, 15) is 9.90 Å². The molecule has 0 atom stereocenters. The number of aromatic nitrogens is 3. The molecule has 0 radical (unpaired) electrons. The van der Waals surface area contributed by atoms with E-state index in [1.54, 1.807) is 32.4 Å². The summed E-state index contributed by atoms with van der Waals surface area (Å²) in [6, 6.07) is 20.0. The molecule has 0 aliphatic rings. The van der Waals surface area contributed by atoms with E-state index >= 15 is 0 Å². The van der Waals surface area contributed by atoms with Crippen LogP contribution in [0.1, 0.15) is 12.5 Å². The third-order valence-corrected chi connectivity index (χ3v) is 6.30. The topological polar surface area (TPSA) is 120 Å². The summed E-state index contributed by atoms with van der Waals surface area (Å²) in [7, 11) is 3.22. The summed E-state index contributed by atoms with van der Waals surface area (Å²) in [5, 5.41) is 23.5. The molecule has 0 aliphatic heterocycles. The van der Waals surface area contributed by atoms with Gasteiger partial charge in [-0.15, -0.1) is 10.2 Å². The Morgan fingerprint density at radius 3 is 2.37 bits per heavy atom. The van der Waals surface area contributed by atoms with Crippen molar-refractivity contribution in [2.75, 3.05) is 26.6 Å². The lowest BCUT2D eigenvalue weighted by molar-refractivity contribution is -0.118. The highest BCUT2D eigenvalue weighted by Gasteiger charge is 2.18. The molecular weight excluding hydrogens is 506 g/mol. The highest BCUT2D eigenvalue weighted by Crippen LogP contribution is 2.30. The van der Waals surface area contributed by atoms with Crippen molar-refractivity contribution in [2.24, 2.45) is 5.10 Å². The Bertz CT molecular complexity index is 1400. The van der Waals surface area contributed by atoms with E-state index in [1.165, 1.54) is 18.0 Å². The number of aromatic hydroxyl groups is 1. The smallest absolute Gasteiger partial charge is 0.250 e. The number of amides is 1. The van der Waals surface area contributed by atoms with Crippen LogP contribution in [0.2, 0.25) is 0 Å².